The van der Waals surface area contributed by atoms with Crippen LogP contribution in [0.5, 0.6) is 11.5 Å². The van der Waals surface area contributed by atoms with E-state index in [0.717, 1.165) is 39.8 Å². The van der Waals surface area contributed by atoms with Gasteiger partial charge in [-0.1, -0.05) is 32.9 Å². The maximum absolute atomic E-state index is 15.2. The van der Waals surface area contributed by atoms with Crippen molar-refractivity contribution in [3.63, 3.8) is 0 Å². The molecule has 3 aliphatic carbocycles. The minimum Gasteiger partial charge on any atom is -0.461 e. The smallest absolute Gasteiger partial charge is 0.461 e. The zero-order valence-corrected chi connectivity index (χ0v) is 57.4. The summed E-state index contributed by atoms with van der Waals surface area (Å²) in [5.74, 6) is -2.43. The lowest BCUT2D eigenvalue weighted by Gasteiger charge is -2.48. The average Bonchev–Trinajstić information content (AvgIpc) is 1.52. The second kappa shape index (κ2) is 31.7. The Bertz CT molecular complexity index is 3580. The first-order chi connectivity index (χ1) is 44.7. The molecule has 3 heterocycles. The van der Waals surface area contributed by atoms with Gasteiger partial charge in [0.2, 0.25) is 29.5 Å². The fourth-order valence-electron chi connectivity index (χ4n) is 13.4. The number of phosphoric ester groups is 1. The predicted molar refractivity (Wildman–Crippen MR) is 362 cm³/mol. The number of phosphoric acid groups is 1. The monoisotopic (exact) mass is 1380 g/mol. The molecule has 0 spiro atoms. The summed E-state index contributed by atoms with van der Waals surface area (Å²) < 4.78 is 40.2. The van der Waals surface area contributed by atoms with Gasteiger partial charge in [0.1, 0.15) is 24.4 Å². The van der Waals surface area contributed by atoms with Gasteiger partial charge in [-0.05, 0) is 148 Å². The average molecular weight is 1380 g/mol. The molecule has 4 unspecified atom stereocenters. The van der Waals surface area contributed by atoms with Crippen LogP contribution in [-0.4, -0.2) is 150 Å². The number of hydrogen-bond donors (Lipinski definition) is 9. The van der Waals surface area contributed by atoms with Crippen molar-refractivity contribution in [1.29, 1.82) is 0 Å². The molecule has 3 saturated carbocycles. The quantitative estimate of drug-likeness (QED) is 0.00732. The Morgan fingerprint density at radius 2 is 1.49 bits per heavy atom. The van der Waals surface area contributed by atoms with Crippen molar-refractivity contribution in [1.82, 2.24) is 25.8 Å². The van der Waals surface area contributed by atoms with E-state index in [1.165, 1.54) is 12.3 Å². The van der Waals surface area contributed by atoms with Gasteiger partial charge >= 0.3 is 19.8 Å². The van der Waals surface area contributed by atoms with Crippen LogP contribution in [0, 0.1) is 30.6 Å². The van der Waals surface area contributed by atoms with Gasteiger partial charge in [-0.3, -0.25) is 38.6 Å². The lowest BCUT2D eigenvalue weighted by Crippen LogP contribution is -2.55. The number of aryl methyl sites for hydroxylation is 1. The van der Waals surface area contributed by atoms with Crippen LogP contribution >= 0.6 is 43.2 Å². The van der Waals surface area contributed by atoms with Crippen LogP contribution in [-0.2, 0) is 54.1 Å². The third kappa shape index (κ3) is 16.8. The number of primary amides is 1. The number of alkyl halides is 2. The number of hydrogen-bond acceptors (Lipinski definition) is 15. The number of aromatic nitrogens is 1. The Balaban J connectivity index is 0.850. The highest BCUT2D eigenvalue weighted by Crippen LogP contribution is 2.69. The summed E-state index contributed by atoms with van der Waals surface area (Å²) in [6.07, 6.45) is 6.47. The van der Waals surface area contributed by atoms with E-state index < -0.39 is 60.5 Å². The molecule has 3 aromatic carbocycles. The number of nitrogens with one attached hydrogen (secondary N) is 5. The first-order valence-corrected chi connectivity index (χ1v) is 34.7. The second-order valence-corrected chi connectivity index (χ2v) is 27.3. The topological polar surface area (TPSA) is 349 Å². The molecule has 3 fully saturated rings. The Kier molecular flexibility index (Phi) is 24.5. The number of carbonyl (C=O) groups excluding carboxylic acids is 7. The minimum atomic E-state index is -4.99. The molecule has 11 N–H and O–H groups in total. The molecule has 512 valence electrons. The molecule has 4 aromatic rings. The molecule has 0 radical (unpaired) electrons. The summed E-state index contributed by atoms with van der Waals surface area (Å²) in [5.41, 5.74) is 16.9. The summed E-state index contributed by atoms with van der Waals surface area (Å²) >= 11 is 19.1. The zero-order chi connectivity index (χ0) is 68.4. The number of nitrogens with two attached hydrogens (primary N) is 2. The van der Waals surface area contributed by atoms with Crippen LogP contribution in [0.3, 0.4) is 0 Å². The Labute approximate surface area is 562 Å². The molecular formula is C65H87Cl2N10O15PS. The third-order valence-corrected chi connectivity index (χ3v) is 19.6. The van der Waals surface area contributed by atoms with Gasteiger partial charge in [0.15, 0.2) is 5.75 Å². The number of allylic oxidation sites excluding steroid dienone is 1. The number of thiocarbonyl (C=S) groups is 1. The van der Waals surface area contributed by atoms with E-state index in [2.05, 4.69) is 26.3 Å². The van der Waals surface area contributed by atoms with Crippen LogP contribution < -0.4 is 51.8 Å². The molecule has 2 aliphatic heterocycles. The van der Waals surface area contributed by atoms with Crippen molar-refractivity contribution in [3.8, 4) is 11.5 Å². The number of esters is 1. The first-order valence-electron chi connectivity index (χ1n) is 31.7. The van der Waals surface area contributed by atoms with E-state index in [4.69, 9.17) is 70.4 Å². The molecule has 25 nitrogen and oxygen atoms in total. The van der Waals surface area contributed by atoms with E-state index in [-0.39, 0.29) is 104 Å². The third-order valence-electron chi connectivity index (χ3n) is 18.0. The minimum absolute atomic E-state index is 0.0204. The van der Waals surface area contributed by atoms with E-state index in [1.807, 2.05) is 33.8 Å². The Morgan fingerprint density at radius 3 is 2.09 bits per heavy atom. The van der Waals surface area contributed by atoms with Gasteiger partial charge in [-0.15, -0.1) is 23.2 Å². The number of aromatic amines is 1. The van der Waals surface area contributed by atoms with Crippen LogP contribution in [0.2, 0.25) is 0 Å². The lowest BCUT2D eigenvalue weighted by atomic mass is 9.59. The molecular weight excluding hydrogens is 1290 g/mol. The van der Waals surface area contributed by atoms with Crippen molar-refractivity contribution in [2.75, 3.05) is 86.5 Å². The van der Waals surface area contributed by atoms with Gasteiger partial charge in [-0.25, -0.2) is 9.36 Å². The van der Waals surface area contributed by atoms with Gasteiger partial charge in [0.05, 0.1) is 47.5 Å². The van der Waals surface area contributed by atoms with E-state index in [0.29, 0.717) is 104 Å². The number of benzene rings is 3. The van der Waals surface area contributed by atoms with E-state index >= 15 is 4.79 Å². The molecule has 0 saturated heterocycles. The van der Waals surface area contributed by atoms with E-state index in [1.54, 1.807) is 66.1 Å². The second-order valence-electron chi connectivity index (χ2n) is 25.2. The molecule has 29 heteroatoms. The molecule has 7 amide bonds. The number of rotatable bonds is 32. The summed E-state index contributed by atoms with van der Waals surface area (Å²) in [7, 11) is -3.25. The summed E-state index contributed by atoms with van der Waals surface area (Å²) in [6.45, 7) is 13.6. The number of urea groups is 1. The number of carbonyl (C=O) groups is 7. The summed E-state index contributed by atoms with van der Waals surface area (Å²) in [6, 6.07) is 7.19. The predicted octanol–water partition coefficient (Wildman–Crippen LogP) is 8.14. The molecule has 5 aliphatic rings. The largest absolute Gasteiger partial charge is 0.524 e. The highest BCUT2D eigenvalue weighted by molar-refractivity contribution is 7.80. The summed E-state index contributed by atoms with van der Waals surface area (Å²) in [4.78, 5) is 123. The fourth-order valence-corrected chi connectivity index (χ4v) is 14.4. The molecule has 2 bridgehead atoms. The standard InChI is InChI=1S/C65H87Cl2N10O15PS/c1-8-22-88-24-25-89-23-17-50(78)74-56(37(2)3)59(81)73-45(11-9-20-70-62(69)84)58(80)72-44-15-13-41(14-16-44)34-90-51(79)12-10-21-75(7)63(94)91-48-26-46-54(52(40(48)6)38(4)30-68)42(28-66)32-76(46)60(82)64-18-19-65(35-64,36-64)61(83)77-33-43(29-67)55-47(77)27-49(92-93(85,86)87)57-53(55)39(5)31-71-57/h13-16,26-27,30-31,37,42-43,45,56,71H,8-12,17-25,28-29,32-36,68H2,1-7H3,(H,72,80)(H,73,81)(H,74,78)(H3,69,70,84)(H2,85,86,87)/b38-30-. The van der Waals surface area contributed by atoms with Crippen molar-refractivity contribution in [2.24, 2.45) is 28.2 Å². The first kappa shape index (κ1) is 72.8. The van der Waals surface area contributed by atoms with Crippen LogP contribution in [0.1, 0.15) is 137 Å². The highest BCUT2D eigenvalue weighted by atomic mass is 35.5. The van der Waals surface area contributed by atoms with Crippen molar-refractivity contribution in [3.05, 3.63) is 82.2 Å². The maximum atomic E-state index is 15.2. The van der Waals surface area contributed by atoms with Gasteiger partial charge in [-0.2, -0.15) is 0 Å². The SMILES string of the molecule is CCCOCCOCCC(=O)NC(C(=O)NC(CCCNC(N)=O)C(=O)Nc1ccc(COC(=O)CCCN(C)C(=S)Oc2cc3c(c(/C(C)=C\N)c2C)C(CCl)CN3C(=O)C23CCC(C(=O)N4CC(CCl)c5c4cc(OP(=O)(O)O)c4[nH]cc(C)c54)(C2)C3)cc1)C(C)C. The Hall–Kier alpha value is -7.03. The van der Waals surface area contributed by atoms with Crippen LogP contribution in [0.15, 0.2) is 48.8 Å². The highest BCUT2D eigenvalue weighted by Gasteiger charge is 2.70. The number of fused-ring (bicyclic) bond motifs is 5. The van der Waals surface area contributed by atoms with Crippen molar-refractivity contribution >= 4 is 123 Å². The lowest BCUT2D eigenvalue weighted by molar-refractivity contribution is -0.145. The van der Waals surface area contributed by atoms with Gasteiger partial charge in [0, 0.05) is 106 Å². The number of anilines is 3. The number of ether oxygens (including phenoxy) is 4. The molecule has 94 heavy (non-hydrogen) atoms. The van der Waals surface area contributed by atoms with Gasteiger partial charge in [0.25, 0.3) is 5.17 Å². The Morgan fingerprint density at radius 1 is 0.872 bits per heavy atom. The van der Waals surface area contributed by atoms with Crippen molar-refractivity contribution < 1.29 is 71.4 Å². The van der Waals surface area contributed by atoms with Crippen molar-refractivity contribution in [2.45, 2.75) is 136 Å². The zero-order valence-electron chi connectivity index (χ0n) is 54.2. The number of nitrogens with zero attached hydrogens (tertiary/aromatic N) is 3. The molecule has 9 rings (SSSR count). The maximum Gasteiger partial charge on any atom is 0.524 e. The molecule has 4 atom stereocenters. The van der Waals surface area contributed by atoms with Crippen LogP contribution in [0.25, 0.3) is 16.5 Å². The number of amides is 7. The molecule has 1 aromatic heterocycles. The van der Waals surface area contributed by atoms with Crippen LogP contribution in [0.4, 0.5) is 21.9 Å². The number of halogens is 2. The van der Waals surface area contributed by atoms with E-state index in [9.17, 15) is 43.1 Å². The van der Waals surface area contributed by atoms with Gasteiger partial charge < -0.3 is 75.9 Å². The normalized spacial score (nSPS) is 19.4. The fraction of sp³-hybridized carbons (Fsp3) is 0.538. The summed E-state index contributed by atoms with van der Waals surface area (Å²) in [5, 5.41) is 11.6. The number of H-pyrrole nitrogens is 1.